The Kier molecular flexibility index (Phi) is 6.60. The highest BCUT2D eigenvalue weighted by atomic mass is 16.6. The lowest BCUT2D eigenvalue weighted by Crippen LogP contribution is -2.42. The van der Waals surface area contributed by atoms with Gasteiger partial charge in [0.15, 0.2) is 0 Å². The maximum atomic E-state index is 11.5. The number of hydrogen-bond acceptors (Lipinski definition) is 4. The van der Waals surface area contributed by atoms with Gasteiger partial charge in [-0.2, -0.15) is 0 Å². The van der Waals surface area contributed by atoms with Crippen LogP contribution in [0.2, 0.25) is 0 Å². The van der Waals surface area contributed by atoms with E-state index in [1.807, 2.05) is 20.8 Å². The number of nitrogens with one attached hydrogen (secondary N) is 1. The molecule has 0 aliphatic rings. The summed E-state index contributed by atoms with van der Waals surface area (Å²) >= 11 is 0. The van der Waals surface area contributed by atoms with Crippen LogP contribution in [0.1, 0.15) is 34.6 Å². The summed E-state index contributed by atoms with van der Waals surface area (Å²) in [6.45, 7) is 10.6. The molecule has 0 saturated heterocycles. The molecule has 1 atom stereocenters. The van der Waals surface area contributed by atoms with E-state index in [0.29, 0.717) is 12.5 Å². The van der Waals surface area contributed by atoms with Crippen molar-refractivity contribution in [1.29, 1.82) is 0 Å². The zero-order valence-electron chi connectivity index (χ0n) is 11.3. The minimum atomic E-state index is -0.423. The van der Waals surface area contributed by atoms with Gasteiger partial charge in [0.25, 0.3) is 0 Å². The number of carbonyl (C=O) groups is 1. The van der Waals surface area contributed by atoms with Crippen LogP contribution in [0.25, 0.3) is 0 Å². The standard InChI is InChI=1S/C12H25NO3/c1-9(2)10(8-15-6)13-7-11(14)16-12(3,4)5/h9-10,13H,7-8H2,1-6H3. The van der Waals surface area contributed by atoms with Crippen molar-refractivity contribution >= 4 is 5.97 Å². The van der Waals surface area contributed by atoms with Crippen LogP contribution in [0.4, 0.5) is 0 Å². The third kappa shape index (κ3) is 7.65. The van der Waals surface area contributed by atoms with Gasteiger partial charge in [-0.25, -0.2) is 0 Å². The van der Waals surface area contributed by atoms with Gasteiger partial charge in [0.2, 0.25) is 0 Å². The lowest BCUT2D eigenvalue weighted by Gasteiger charge is -2.23. The first kappa shape index (κ1) is 15.4. The van der Waals surface area contributed by atoms with Crippen molar-refractivity contribution in [1.82, 2.24) is 5.32 Å². The van der Waals surface area contributed by atoms with Gasteiger partial charge < -0.3 is 14.8 Å². The Morgan fingerprint density at radius 2 is 1.88 bits per heavy atom. The summed E-state index contributed by atoms with van der Waals surface area (Å²) in [6, 6.07) is 0.178. The Morgan fingerprint density at radius 3 is 2.25 bits per heavy atom. The molecule has 1 N–H and O–H groups in total. The summed E-state index contributed by atoms with van der Waals surface area (Å²) < 4.78 is 10.3. The molecule has 1 unspecified atom stereocenters. The largest absolute Gasteiger partial charge is 0.459 e. The van der Waals surface area contributed by atoms with Crippen LogP contribution >= 0.6 is 0 Å². The van der Waals surface area contributed by atoms with E-state index >= 15 is 0 Å². The number of methoxy groups -OCH3 is 1. The van der Waals surface area contributed by atoms with Crippen molar-refractivity contribution < 1.29 is 14.3 Å². The minimum Gasteiger partial charge on any atom is -0.459 e. The van der Waals surface area contributed by atoms with Crippen LogP contribution in [0.15, 0.2) is 0 Å². The molecule has 0 heterocycles. The Hall–Kier alpha value is -0.610. The first-order valence-electron chi connectivity index (χ1n) is 5.70. The fourth-order valence-corrected chi connectivity index (χ4v) is 1.26. The Balaban J connectivity index is 3.97. The fourth-order valence-electron chi connectivity index (χ4n) is 1.26. The summed E-state index contributed by atoms with van der Waals surface area (Å²) in [6.07, 6.45) is 0. The zero-order valence-corrected chi connectivity index (χ0v) is 11.3. The van der Waals surface area contributed by atoms with E-state index in [9.17, 15) is 4.79 Å². The SMILES string of the molecule is COCC(NCC(=O)OC(C)(C)C)C(C)C. The molecule has 0 radical (unpaired) electrons. The second kappa shape index (κ2) is 6.86. The third-order valence-corrected chi connectivity index (χ3v) is 2.08. The van der Waals surface area contributed by atoms with E-state index in [-0.39, 0.29) is 18.6 Å². The molecule has 0 aromatic rings. The van der Waals surface area contributed by atoms with Crippen LogP contribution in [0, 0.1) is 5.92 Å². The third-order valence-electron chi connectivity index (χ3n) is 2.08. The second-order valence-corrected chi connectivity index (χ2v) is 5.27. The van der Waals surface area contributed by atoms with Gasteiger partial charge in [-0.1, -0.05) is 13.8 Å². The van der Waals surface area contributed by atoms with Crippen LogP contribution in [0.5, 0.6) is 0 Å². The smallest absolute Gasteiger partial charge is 0.320 e. The Morgan fingerprint density at radius 1 is 1.31 bits per heavy atom. The van der Waals surface area contributed by atoms with Crippen molar-refractivity contribution in [3.8, 4) is 0 Å². The lowest BCUT2D eigenvalue weighted by molar-refractivity contribution is -0.153. The maximum Gasteiger partial charge on any atom is 0.320 e. The van der Waals surface area contributed by atoms with Crippen LogP contribution in [0.3, 0.4) is 0 Å². The highest BCUT2D eigenvalue weighted by molar-refractivity contribution is 5.72. The van der Waals surface area contributed by atoms with E-state index in [1.165, 1.54) is 0 Å². The summed E-state index contributed by atoms with van der Waals surface area (Å²) in [7, 11) is 1.66. The molecule has 0 aliphatic carbocycles. The highest BCUT2D eigenvalue weighted by Crippen LogP contribution is 2.07. The molecule has 0 spiro atoms. The van der Waals surface area contributed by atoms with Gasteiger partial charge in [0.1, 0.15) is 5.60 Å². The second-order valence-electron chi connectivity index (χ2n) is 5.27. The van der Waals surface area contributed by atoms with Gasteiger partial charge in [0.05, 0.1) is 13.2 Å². The summed E-state index contributed by atoms with van der Waals surface area (Å²) in [5.41, 5.74) is -0.423. The Bertz CT molecular complexity index is 209. The molecular weight excluding hydrogens is 206 g/mol. The van der Waals surface area contributed by atoms with Gasteiger partial charge >= 0.3 is 5.97 Å². The molecule has 0 fully saturated rings. The summed E-state index contributed by atoms with van der Waals surface area (Å²) in [5.74, 6) is 0.191. The van der Waals surface area contributed by atoms with Crippen molar-refractivity contribution in [2.45, 2.75) is 46.3 Å². The molecule has 4 heteroatoms. The predicted molar refractivity (Wildman–Crippen MR) is 64.3 cm³/mol. The molecule has 0 amide bonds. The van der Waals surface area contributed by atoms with E-state index < -0.39 is 5.60 Å². The van der Waals surface area contributed by atoms with Gasteiger partial charge in [-0.15, -0.1) is 0 Å². The lowest BCUT2D eigenvalue weighted by atomic mass is 10.1. The molecule has 4 nitrogen and oxygen atoms in total. The Labute approximate surface area is 98.7 Å². The zero-order chi connectivity index (χ0) is 12.8. The number of ether oxygens (including phenoxy) is 2. The molecule has 0 rings (SSSR count). The topological polar surface area (TPSA) is 47.6 Å². The average molecular weight is 231 g/mol. The highest BCUT2D eigenvalue weighted by Gasteiger charge is 2.18. The van der Waals surface area contributed by atoms with Crippen molar-refractivity contribution in [3.05, 3.63) is 0 Å². The quantitative estimate of drug-likeness (QED) is 0.705. The van der Waals surface area contributed by atoms with E-state index in [2.05, 4.69) is 19.2 Å². The molecule has 0 aliphatic heterocycles. The van der Waals surface area contributed by atoms with Crippen LogP contribution in [-0.4, -0.2) is 37.9 Å². The van der Waals surface area contributed by atoms with Crippen LogP contribution in [-0.2, 0) is 14.3 Å². The number of carbonyl (C=O) groups excluding carboxylic acids is 1. The van der Waals surface area contributed by atoms with Crippen molar-refractivity contribution in [3.63, 3.8) is 0 Å². The minimum absolute atomic E-state index is 0.178. The predicted octanol–water partition coefficient (Wildman–Crippen LogP) is 1.59. The number of rotatable bonds is 6. The summed E-state index contributed by atoms with van der Waals surface area (Å²) in [4.78, 5) is 11.5. The first-order valence-corrected chi connectivity index (χ1v) is 5.70. The average Bonchev–Trinajstić information content (AvgIpc) is 2.08. The van der Waals surface area contributed by atoms with E-state index in [0.717, 1.165) is 0 Å². The fraction of sp³-hybridized carbons (Fsp3) is 0.917. The van der Waals surface area contributed by atoms with Gasteiger partial charge in [-0.3, -0.25) is 4.79 Å². The first-order chi connectivity index (χ1) is 7.26. The molecule has 0 aromatic carbocycles. The number of esters is 1. The van der Waals surface area contributed by atoms with Gasteiger partial charge in [0, 0.05) is 13.2 Å². The van der Waals surface area contributed by atoms with Crippen LogP contribution < -0.4 is 5.32 Å². The molecule has 96 valence electrons. The normalized spacial score (nSPS) is 13.9. The van der Waals surface area contributed by atoms with Crippen molar-refractivity contribution in [2.24, 2.45) is 5.92 Å². The molecule has 0 saturated carbocycles. The monoisotopic (exact) mass is 231 g/mol. The molecule has 0 aromatic heterocycles. The van der Waals surface area contributed by atoms with Crippen molar-refractivity contribution in [2.75, 3.05) is 20.3 Å². The van der Waals surface area contributed by atoms with E-state index in [1.54, 1.807) is 7.11 Å². The van der Waals surface area contributed by atoms with Gasteiger partial charge in [-0.05, 0) is 26.7 Å². The molecule has 16 heavy (non-hydrogen) atoms. The molecular formula is C12H25NO3. The maximum absolute atomic E-state index is 11.5. The molecule has 0 bridgehead atoms. The number of hydrogen-bond donors (Lipinski definition) is 1. The summed E-state index contributed by atoms with van der Waals surface area (Å²) in [5, 5.41) is 3.14. The van der Waals surface area contributed by atoms with E-state index in [4.69, 9.17) is 9.47 Å².